The number of nitrogens with one attached hydrogen (secondary N) is 1. The van der Waals surface area contributed by atoms with Crippen LogP contribution >= 0.6 is 0 Å². The number of rotatable bonds is 6. The van der Waals surface area contributed by atoms with E-state index in [0.717, 1.165) is 24.4 Å². The minimum atomic E-state index is -0.350. The summed E-state index contributed by atoms with van der Waals surface area (Å²) < 4.78 is 0. The Bertz CT molecular complexity index is 332. The third kappa shape index (κ3) is 4.11. The van der Waals surface area contributed by atoms with E-state index >= 15 is 0 Å². The fourth-order valence-corrected chi connectivity index (χ4v) is 2.81. The molecule has 2 rings (SSSR count). The van der Waals surface area contributed by atoms with Crippen molar-refractivity contribution in [2.24, 2.45) is 5.92 Å². The van der Waals surface area contributed by atoms with Gasteiger partial charge >= 0.3 is 0 Å². The number of aliphatic hydroxyl groups is 1. The molecule has 1 fully saturated rings. The molecule has 1 aliphatic carbocycles. The normalized spacial score (nSPS) is 19.9. The highest BCUT2D eigenvalue weighted by Crippen LogP contribution is 2.24. The van der Waals surface area contributed by atoms with Gasteiger partial charge in [-0.25, -0.2) is 0 Å². The van der Waals surface area contributed by atoms with Gasteiger partial charge in [0.15, 0.2) is 0 Å². The van der Waals surface area contributed by atoms with Crippen molar-refractivity contribution in [2.75, 3.05) is 6.54 Å². The first-order valence-corrected chi connectivity index (χ1v) is 7.22. The SMILES string of the molecule is CC(CC(O)c1ccccc1)NCC1CCCC1. The van der Waals surface area contributed by atoms with Crippen molar-refractivity contribution in [2.45, 2.75) is 51.2 Å². The van der Waals surface area contributed by atoms with Crippen LogP contribution < -0.4 is 5.32 Å². The molecule has 0 bridgehead atoms. The largest absolute Gasteiger partial charge is 0.388 e. The van der Waals surface area contributed by atoms with E-state index in [1.807, 2.05) is 30.3 Å². The Kier molecular flexibility index (Phi) is 5.21. The zero-order valence-corrected chi connectivity index (χ0v) is 11.3. The molecule has 0 saturated heterocycles. The lowest BCUT2D eigenvalue weighted by Gasteiger charge is -2.20. The Morgan fingerprint density at radius 3 is 2.56 bits per heavy atom. The monoisotopic (exact) mass is 247 g/mol. The molecule has 0 spiro atoms. The van der Waals surface area contributed by atoms with E-state index in [0.29, 0.717) is 6.04 Å². The number of benzene rings is 1. The van der Waals surface area contributed by atoms with Gasteiger partial charge in [0, 0.05) is 6.04 Å². The van der Waals surface area contributed by atoms with Crippen LogP contribution in [0, 0.1) is 5.92 Å². The molecule has 0 radical (unpaired) electrons. The van der Waals surface area contributed by atoms with Crippen molar-refractivity contribution in [3.8, 4) is 0 Å². The molecule has 0 amide bonds. The summed E-state index contributed by atoms with van der Waals surface area (Å²) >= 11 is 0. The Labute approximate surface area is 110 Å². The third-order valence-corrected chi connectivity index (χ3v) is 3.99. The molecule has 2 nitrogen and oxygen atoms in total. The minimum Gasteiger partial charge on any atom is -0.388 e. The van der Waals surface area contributed by atoms with Gasteiger partial charge in [0.2, 0.25) is 0 Å². The molecule has 2 unspecified atom stereocenters. The van der Waals surface area contributed by atoms with Crippen LogP contribution in [0.5, 0.6) is 0 Å². The summed E-state index contributed by atoms with van der Waals surface area (Å²) in [6.07, 6.45) is 5.98. The van der Waals surface area contributed by atoms with Crippen molar-refractivity contribution in [1.29, 1.82) is 0 Å². The van der Waals surface area contributed by atoms with Crippen LogP contribution in [-0.4, -0.2) is 17.7 Å². The van der Waals surface area contributed by atoms with Gasteiger partial charge in [-0.1, -0.05) is 43.2 Å². The van der Waals surface area contributed by atoms with Gasteiger partial charge in [0.25, 0.3) is 0 Å². The van der Waals surface area contributed by atoms with Crippen LogP contribution in [0.3, 0.4) is 0 Å². The van der Waals surface area contributed by atoms with Gasteiger partial charge in [-0.15, -0.1) is 0 Å². The van der Waals surface area contributed by atoms with Crippen LogP contribution in [0.15, 0.2) is 30.3 Å². The van der Waals surface area contributed by atoms with Crippen molar-refractivity contribution >= 4 is 0 Å². The second kappa shape index (κ2) is 6.91. The van der Waals surface area contributed by atoms with Crippen molar-refractivity contribution in [3.63, 3.8) is 0 Å². The highest BCUT2D eigenvalue weighted by molar-refractivity contribution is 5.17. The van der Waals surface area contributed by atoms with Crippen molar-refractivity contribution in [1.82, 2.24) is 5.32 Å². The predicted molar refractivity (Wildman–Crippen MR) is 75.4 cm³/mol. The van der Waals surface area contributed by atoms with Crippen LogP contribution in [-0.2, 0) is 0 Å². The second-order valence-electron chi connectivity index (χ2n) is 5.62. The summed E-state index contributed by atoms with van der Waals surface area (Å²) in [7, 11) is 0. The molecular weight excluding hydrogens is 222 g/mol. The van der Waals surface area contributed by atoms with Crippen LogP contribution in [0.4, 0.5) is 0 Å². The van der Waals surface area contributed by atoms with Gasteiger partial charge in [-0.2, -0.15) is 0 Å². The van der Waals surface area contributed by atoms with E-state index in [1.54, 1.807) is 0 Å². The number of hydrogen-bond acceptors (Lipinski definition) is 2. The maximum Gasteiger partial charge on any atom is 0.0804 e. The molecule has 18 heavy (non-hydrogen) atoms. The lowest BCUT2D eigenvalue weighted by Crippen LogP contribution is -2.31. The zero-order chi connectivity index (χ0) is 12.8. The molecule has 1 aromatic carbocycles. The van der Waals surface area contributed by atoms with E-state index in [9.17, 15) is 5.11 Å². The predicted octanol–water partition coefficient (Wildman–Crippen LogP) is 3.28. The highest BCUT2D eigenvalue weighted by atomic mass is 16.3. The number of hydrogen-bond donors (Lipinski definition) is 2. The molecule has 2 atom stereocenters. The average Bonchev–Trinajstić information content (AvgIpc) is 2.90. The lowest BCUT2D eigenvalue weighted by molar-refractivity contribution is 0.153. The maximum absolute atomic E-state index is 10.1. The first-order valence-electron chi connectivity index (χ1n) is 7.22. The molecule has 1 saturated carbocycles. The summed E-state index contributed by atoms with van der Waals surface area (Å²) in [5.74, 6) is 0.862. The second-order valence-corrected chi connectivity index (χ2v) is 5.62. The molecule has 100 valence electrons. The fourth-order valence-electron chi connectivity index (χ4n) is 2.81. The molecule has 0 aliphatic heterocycles. The first kappa shape index (κ1) is 13.6. The molecule has 1 aliphatic rings. The smallest absolute Gasteiger partial charge is 0.0804 e. The van der Waals surface area contributed by atoms with E-state index in [2.05, 4.69) is 12.2 Å². The molecule has 2 N–H and O–H groups in total. The van der Waals surface area contributed by atoms with Gasteiger partial charge in [-0.3, -0.25) is 0 Å². The third-order valence-electron chi connectivity index (χ3n) is 3.99. The topological polar surface area (TPSA) is 32.3 Å². The van der Waals surface area contributed by atoms with Crippen molar-refractivity contribution in [3.05, 3.63) is 35.9 Å². The van der Waals surface area contributed by atoms with Gasteiger partial charge in [0.05, 0.1) is 6.10 Å². The molecule has 2 heteroatoms. The summed E-state index contributed by atoms with van der Waals surface area (Å²) in [6, 6.07) is 10.3. The minimum absolute atomic E-state index is 0.350. The van der Waals surface area contributed by atoms with Gasteiger partial charge < -0.3 is 10.4 Å². The van der Waals surface area contributed by atoms with Crippen LogP contribution in [0.25, 0.3) is 0 Å². The summed E-state index contributed by atoms with van der Waals surface area (Å²) in [4.78, 5) is 0. The fraction of sp³-hybridized carbons (Fsp3) is 0.625. The zero-order valence-electron chi connectivity index (χ0n) is 11.3. The van der Waals surface area contributed by atoms with Crippen LogP contribution in [0.1, 0.15) is 50.7 Å². The summed E-state index contributed by atoms with van der Waals surface area (Å²) in [6.45, 7) is 3.28. The maximum atomic E-state index is 10.1. The van der Waals surface area contributed by atoms with Crippen LogP contribution in [0.2, 0.25) is 0 Å². The Hall–Kier alpha value is -0.860. The van der Waals surface area contributed by atoms with Crippen molar-refractivity contribution < 1.29 is 5.11 Å². The Morgan fingerprint density at radius 2 is 1.89 bits per heavy atom. The lowest BCUT2D eigenvalue weighted by atomic mass is 10.0. The van der Waals surface area contributed by atoms with E-state index in [1.165, 1.54) is 25.7 Å². The van der Waals surface area contributed by atoms with E-state index in [4.69, 9.17) is 0 Å². The standard InChI is InChI=1S/C16H25NO/c1-13(17-12-14-7-5-6-8-14)11-16(18)15-9-3-2-4-10-15/h2-4,9-10,13-14,16-18H,5-8,11-12H2,1H3. The molecule has 1 aromatic rings. The summed E-state index contributed by atoms with van der Waals surface area (Å²) in [5, 5.41) is 13.7. The summed E-state index contributed by atoms with van der Waals surface area (Å²) in [5.41, 5.74) is 1.02. The highest BCUT2D eigenvalue weighted by Gasteiger charge is 2.17. The quantitative estimate of drug-likeness (QED) is 0.808. The first-order chi connectivity index (χ1) is 8.75. The molecule has 0 heterocycles. The van der Waals surface area contributed by atoms with Gasteiger partial charge in [0.1, 0.15) is 0 Å². The van der Waals surface area contributed by atoms with Gasteiger partial charge in [-0.05, 0) is 44.2 Å². The van der Waals surface area contributed by atoms with E-state index in [-0.39, 0.29) is 6.10 Å². The molecule has 0 aromatic heterocycles. The molecular formula is C16H25NO. The number of aliphatic hydroxyl groups excluding tert-OH is 1. The Morgan fingerprint density at radius 1 is 1.22 bits per heavy atom. The van der Waals surface area contributed by atoms with E-state index < -0.39 is 0 Å². The average molecular weight is 247 g/mol. The Balaban J connectivity index is 1.71.